The van der Waals surface area contributed by atoms with Gasteiger partial charge in [-0.3, -0.25) is 4.79 Å². The highest BCUT2D eigenvalue weighted by molar-refractivity contribution is 7.98. The number of hydrogen-bond donors (Lipinski definition) is 1. The molecule has 1 amide bonds. The van der Waals surface area contributed by atoms with Gasteiger partial charge in [-0.05, 0) is 48.7 Å². The number of carbonyl (C=O) groups is 1. The first-order chi connectivity index (χ1) is 13.5. The fraction of sp³-hybridized carbons (Fsp3) is 0.333. The van der Waals surface area contributed by atoms with Gasteiger partial charge in [-0.1, -0.05) is 23.8 Å². The standard InChI is InChI=1S/C18H19N3O3S4/c1-25-12-7-8-13-15(11-12)27-18(19-13)20-17(22)14-5-2-3-9-21(14)28(23,24)16-6-4-10-26-16/h4,6-8,10-11,14H,2-3,5,9H2,1H3,(H,19,20,22). The van der Waals surface area contributed by atoms with Gasteiger partial charge < -0.3 is 5.32 Å². The second-order valence-electron chi connectivity index (χ2n) is 6.40. The van der Waals surface area contributed by atoms with Crippen molar-refractivity contribution in [3.05, 3.63) is 35.7 Å². The second-order valence-corrected chi connectivity index (χ2v) is 11.4. The van der Waals surface area contributed by atoms with Crippen LogP contribution in [0.15, 0.2) is 44.8 Å². The molecule has 0 aliphatic carbocycles. The summed E-state index contributed by atoms with van der Waals surface area (Å²) in [5, 5.41) is 5.07. The van der Waals surface area contributed by atoms with Crippen LogP contribution < -0.4 is 5.32 Å². The first kappa shape index (κ1) is 19.8. The molecule has 1 unspecified atom stereocenters. The van der Waals surface area contributed by atoms with Crippen LogP contribution in [-0.2, 0) is 14.8 Å². The van der Waals surface area contributed by atoms with E-state index in [1.54, 1.807) is 29.3 Å². The van der Waals surface area contributed by atoms with Crippen molar-refractivity contribution in [2.24, 2.45) is 0 Å². The Morgan fingerprint density at radius 3 is 2.93 bits per heavy atom. The smallest absolute Gasteiger partial charge is 0.253 e. The summed E-state index contributed by atoms with van der Waals surface area (Å²) in [5.74, 6) is -0.316. The van der Waals surface area contributed by atoms with Gasteiger partial charge in [0.25, 0.3) is 10.0 Å². The van der Waals surface area contributed by atoms with Crippen LogP contribution in [0.4, 0.5) is 5.13 Å². The Hall–Kier alpha value is -1.46. The van der Waals surface area contributed by atoms with E-state index in [1.807, 2.05) is 24.5 Å². The third-order valence-corrected chi connectivity index (χ3v) is 9.58. The number of amides is 1. The first-order valence-corrected chi connectivity index (χ1v) is 13.2. The number of anilines is 1. The minimum absolute atomic E-state index is 0.275. The Morgan fingerprint density at radius 1 is 1.32 bits per heavy atom. The van der Waals surface area contributed by atoms with Crippen molar-refractivity contribution >= 4 is 65.7 Å². The van der Waals surface area contributed by atoms with Crippen LogP contribution in [-0.4, -0.2) is 42.5 Å². The van der Waals surface area contributed by atoms with Crippen molar-refractivity contribution in [1.29, 1.82) is 0 Å². The molecular formula is C18H19N3O3S4. The third-order valence-electron chi connectivity index (χ3n) is 4.64. The Morgan fingerprint density at radius 2 is 2.18 bits per heavy atom. The zero-order chi connectivity index (χ0) is 19.7. The largest absolute Gasteiger partial charge is 0.301 e. The molecule has 3 heterocycles. The molecule has 1 atom stereocenters. The second kappa shape index (κ2) is 8.11. The van der Waals surface area contributed by atoms with Gasteiger partial charge in [0.15, 0.2) is 5.13 Å². The molecule has 1 fully saturated rings. The van der Waals surface area contributed by atoms with Crippen molar-refractivity contribution in [1.82, 2.24) is 9.29 Å². The van der Waals surface area contributed by atoms with Gasteiger partial charge in [0.1, 0.15) is 10.3 Å². The number of rotatable bonds is 5. The van der Waals surface area contributed by atoms with E-state index in [0.717, 1.165) is 28.0 Å². The maximum absolute atomic E-state index is 13.0. The molecular weight excluding hydrogens is 434 g/mol. The van der Waals surface area contributed by atoms with Gasteiger partial charge in [-0.2, -0.15) is 4.31 Å². The summed E-state index contributed by atoms with van der Waals surface area (Å²) in [5.41, 5.74) is 0.824. The highest BCUT2D eigenvalue weighted by atomic mass is 32.2. The molecule has 28 heavy (non-hydrogen) atoms. The third kappa shape index (κ3) is 3.84. The predicted molar refractivity (Wildman–Crippen MR) is 116 cm³/mol. The molecule has 1 saturated heterocycles. The Balaban J connectivity index is 1.57. The van der Waals surface area contributed by atoms with E-state index in [-0.39, 0.29) is 10.1 Å². The summed E-state index contributed by atoms with van der Waals surface area (Å²) in [7, 11) is -3.67. The number of aromatic nitrogens is 1. The summed E-state index contributed by atoms with van der Waals surface area (Å²) >= 11 is 4.23. The summed E-state index contributed by atoms with van der Waals surface area (Å²) in [6, 6.07) is 8.55. The highest BCUT2D eigenvalue weighted by Gasteiger charge is 2.38. The number of benzene rings is 1. The van der Waals surface area contributed by atoms with Gasteiger partial charge in [0.2, 0.25) is 5.91 Å². The Bertz CT molecular complexity index is 1090. The van der Waals surface area contributed by atoms with Crippen molar-refractivity contribution < 1.29 is 13.2 Å². The molecule has 1 aliphatic rings. The first-order valence-electron chi connectivity index (χ1n) is 8.80. The summed E-state index contributed by atoms with van der Waals surface area (Å²) in [6.07, 6.45) is 4.10. The zero-order valence-corrected chi connectivity index (χ0v) is 18.4. The lowest BCUT2D eigenvalue weighted by molar-refractivity contribution is -0.120. The predicted octanol–water partition coefficient (Wildman–Crippen LogP) is 4.26. The molecule has 3 aromatic rings. The topological polar surface area (TPSA) is 79.4 Å². The minimum atomic E-state index is -3.67. The van der Waals surface area contributed by atoms with Gasteiger partial charge >= 0.3 is 0 Å². The number of nitrogens with one attached hydrogen (secondary N) is 1. The number of hydrogen-bond acceptors (Lipinski definition) is 7. The molecule has 148 valence electrons. The average molecular weight is 454 g/mol. The molecule has 1 aliphatic heterocycles. The summed E-state index contributed by atoms with van der Waals surface area (Å²) in [4.78, 5) is 18.5. The van der Waals surface area contributed by atoms with Crippen LogP contribution in [0.2, 0.25) is 0 Å². The van der Waals surface area contributed by atoms with Gasteiger partial charge in [-0.15, -0.1) is 23.1 Å². The van der Waals surface area contributed by atoms with E-state index < -0.39 is 16.1 Å². The Labute approximate surface area is 176 Å². The van der Waals surface area contributed by atoms with Crippen LogP contribution in [0.25, 0.3) is 10.2 Å². The van der Waals surface area contributed by atoms with Gasteiger partial charge in [0.05, 0.1) is 10.2 Å². The maximum atomic E-state index is 13.0. The molecule has 6 nitrogen and oxygen atoms in total. The number of nitrogens with zero attached hydrogens (tertiary/aromatic N) is 2. The normalized spacial score (nSPS) is 18.4. The van der Waals surface area contributed by atoms with E-state index in [1.165, 1.54) is 27.0 Å². The number of thioether (sulfide) groups is 1. The number of thiophene rings is 1. The van der Waals surface area contributed by atoms with Gasteiger partial charge in [-0.25, -0.2) is 13.4 Å². The maximum Gasteiger partial charge on any atom is 0.253 e. The molecule has 10 heteroatoms. The van der Waals surface area contributed by atoms with Gasteiger partial charge in [0, 0.05) is 11.4 Å². The summed E-state index contributed by atoms with van der Waals surface area (Å²) in [6.45, 7) is 0.356. The Kier molecular flexibility index (Phi) is 5.75. The average Bonchev–Trinajstić information content (AvgIpc) is 3.37. The fourth-order valence-corrected chi connectivity index (χ4v) is 7.45. The number of carbonyl (C=O) groups excluding carboxylic acids is 1. The SMILES string of the molecule is CSc1ccc2nc(NC(=O)C3CCCCN3S(=O)(=O)c3cccs3)sc2c1. The van der Waals surface area contributed by atoms with E-state index in [9.17, 15) is 13.2 Å². The van der Waals surface area contributed by atoms with Crippen LogP contribution in [0.1, 0.15) is 19.3 Å². The zero-order valence-electron chi connectivity index (χ0n) is 15.1. The molecule has 0 saturated carbocycles. The highest BCUT2D eigenvalue weighted by Crippen LogP contribution is 2.31. The van der Waals surface area contributed by atoms with Crippen LogP contribution in [0.3, 0.4) is 0 Å². The summed E-state index contributed by atoms with van der Waals surface area (Å²) < 4.78 is 28.5. The van der Waals surface area contributed by atoms with E-state index in [4.69, 9.17) is 0 Å². The van der Waals surface area contributed by atoms with Crippen LogP contribution in [0.5, 0.6) is 0 Å². The van der Waals surface area contributed by atoms with Crippen LogP contribution in [0, 0.1) is 0 Å². The molecule has 1 N–H and O–H groups in total. The molecule has 4 rings (SSSR count). The number of fused-ring (bicyclic) bond motifs is 1. The quantitative estimate of drug-likeness (QED) is 0.584. The molecule has 2 aromatic heterocycles. The lowest BCUT2D eigenvalue weighted by Crippen LogP contribution is -2.49. The minimum Gasteiger partial charge on any atom is -0.301 e. The number of piperidine rings is 1. The molecule has 0 radical (unpaired) electrons. The molecule has 0 spiro atoms. The molecule has 0 bridgehead atoms. The van der Waals surface area contributed by atoms with E-state index in [2.05, 4.69) is 10.3 Å². The van der Waals surface area contributed by atoms with Crippen molar-refractivity contribution in [3.8, 4) is 0 Å². The van der Waals surface area contributed by atoms with Crippen molar-refractivity contribution in [2.45, 2.75) is 34.4 Å². The lowest BCUT2D eigenvalue weighted by Gasteiger charge is -2.32. The van der Waals surface area contributed by atoms with E-state index in [0.29, 0.717) is 18.1 Å². The van der Waals surface area contributed by atoms with Crippen molar-refractivity contribution in [3.63, 3.8) is 0 Å². The van der Waals surface area contributed by atoms with E-state index >= 15 is 0 Å². The number of sulfonamides is 1. The van der Waals surface area contributed by atoms with Crippen LogP contribution >= 0.6 is 34.4 Å². The monoisotopic (exact) mass is 453 g/mol. The lowest BCUT2D eigenvalue weighted by atomic mass is 10.0. The van der Waals surface area contributed by atoms with Crippen molar-refractivity contribution in [2.75, 3.05) is 18.1 Å². The fourth-order valence-electron chi connectivity index (χ4n) is 3.25. The number of thiazole rings is 1. The molecule has 1 aromatic carbocycles.